The maximum Gasteiger partial charge on any atom is 0.231 e. The molecule has 2 aromatic rings. The number of anilines is 1. The molecule has 0 saturated carbocycles. The number of aryl methyl sites for hydroxylation is 1. The van der Waals surface area contributed by atoms with Gasteiger partial charge >= 0.3 is 0 Å². The lowest BCUT2D eigenvalue weighted by atomic mass is 9.95. The molecule has 0 fully saturated rings. The molecule has 0 heterocycles. The molecule has 1 atom stereocenters. The molecule has 0 aliphatic rings. The number of hydrogen-bond donors (Lipinski definition) is 2. The highest BCUT2D eigenvalue weighted by Gasteiger charge is 2.18. The molecule has 0 aromatic heterocycles. The molecule has 104 valence electrons. The Balaban J connectivity index is 2.15. The Morgan fingerprint density at radius 2 is 1.90 bits per heavy atom. The number of carbonyl (C=O) groups is 1. The number of rotatable bonds is 4. The van der Waals surface area contributed by atoms with Gasteiger partial charge in [-0.2, -0.15) is 0 Å². The van der Waals surface area contributed by atoms with Gasteiger partial charge in [-0.15, -0.1) is 0 Å². The van der Waals surface area contributed by atoms with E-state index in [1.54, 1.807) is 18.2 Å². The summed E-state index contributed by atoms with van der Waals surface area (Å²) in [5.41, 5.74) is 2.41. The molecule has 0 aliphatic heterocycles. The third kappa shape index (κ3) is 3.18. The number of benzene rings is 2. The van der Waals surface area contributed by atoms with E-state index in [-0.39, 0.29) is 17.6 Å². The summed E-state index contributed by atoms with van der Waals surface area (Å²) < 4.78 is 0. The van der Waals surface area contributed by atoms with Crippen molar-refractivity contribution in [2.45, 2.75) is 26.2 Å². The smallest absolute Gasteiger partial charge is 0.231 e. The van der Waals surface area contributed by atoms with E-state index in [1.165, 1.54) is 0 Å². The van der Waals surface area contributed by atoms with Crippen LogP contribution in [0.5, 0.6) is 5.75 Å². The van der Waals surface area contributed by atoms with Crippen LogP contribution in [-0.4, -0.2) is 11.0 Å². The number of amides is 1. The van der Waals surface area contributed by atoms with E-state index in [4.69, 9.17) is 0 Å². The van der Waals surface area contributed by atoms with E-state index in [9.17, 15) is 9.90 Å². The lowest BCUT2D eigenvalue weighted by molar-refractivity contribution is -0.117. The lowest BCUT2D eigenvalue weighted by Gasteiger charge is -2.15. The van der Waals surface area contributed by atoms with Gasteiger partial charge in [-0.05, 0) is 30.5 Å². The van der Waals surface area contributed by atoms with Crippen molar-refractivity contribution in [1.82, 2.24) is 0 Å². The molecule has 2 N–H and O–H groups in total. The Bertz CT molecular complexity index is 593. The van der Waals surface area contributed by atoms with Gasteiger partial charge in [-0.25, -0.2) is 0 Å². The summed E-state index contributed by atoms with van der Waals surface area (Å²) in [7, 11) is 0. The van der Waals surface area contributed by atoms with Gasteiger partial charge in [-0.3, -0.25) is 4.79 Å². The van der Waals surface area contributed by atoms with Crippen molar-refractivity contribution in [3.63, 3.8) is 0 Å². The second kappa shape index (κ2) is 6.24. The Labute approximate surface area is 119 Å². The average Bonchev–Trinajstić information content (AvgIpc) is 2.45. The van der Waals surface area contributed by atoms with Crippen molar-refractivity contribution >= 4 is 11.6 Å². The number of phenolic OH excluding ortho intramolecular Hbond substituents is 1. The van der Waals surface area contributed by atoms with Crippen molar-refractivity contribution in [2.75, 3.05) is 5.32 Å². The topological polar surface area (TPSA) is 49.3 Å². The van der Waals surface area contributed by atoms with Crippen molar-refractivity contribution in [2.24, 2.45) is 0 Å². The summed E-state index contributed by atoms with van der Waals surface area (Å²) in [5, 5.41) is 12.5. The maximum absolute atomic E-state index is 12.3. The second-order valence-electron chi connectivity index (χ2n) is 4.86. The van der Waals surface area contributed by atoms with Gasteiger partial charge in [0, 0.05) is 11.8 Å². The van der Waals surface area contributed by atoms with Crippen LogP contribution in [0.4, 0.5) is 5.69 Å². The van der Waals surface area contributed by atoms with Gasteiger partial charge in [0.2, 0.25) is 5.91 Å². The highest BCUT2D eigenvalue weighted by atomic mass is 16.3. The van der Waals surface area contributed by atoms with Gasteiger partial charge < -0.3 is 10.4 Å². The molecule has 0 aliphatic carbocycles. The van der Waals surface area contributed by atoms with Gasteiger partial charge in [0.15, 0.2) is 0 Å². The number of phenols is 1. The first-order chi connectivity index (χ1) is 9.61. The van der Waals surface area contributed by atoms with Crippen molar-refractivity contribution in [1.29, 1.82) is 0 Å². The molecular formula is C17H19NO2. The van der Waals surface area contributed by atoms with Crippen LogP contribution < -0.4 is 5.32 Å². The Morgan fingerprint density at radius 1 is 1.20 bits per heavy atom. The average molecular weight is 269 g/mol. The summed E-state index contributed by atoms with van der Waals surface area (Å²) in [6.07, 6.45) is 0.730. The van der Waals surface area contributed by atoms with E-state index in [2.05, 4.69) is 5.32 Å². The summed E-state index contributed by atoms with van der Waals surface area (Å²) in [5.74, 6) is -0.0443. The van der Waals surface area contributed by atoms with Crippen LogP contribution in [0.2, 0.25) is 0 Å². The molecule has 3 heteroatoms. The van der Waals surface area contributed by atoms with Gasteiger partial charge in [0.1, 0.15) is 5.75 Å². The summed E-state index contributed by atoms with van der Waals surface area (Å²) in [4.78, 5) is 12.3. The van der Waals surface area contributed by atoms with Crippen LogP contribution in [-0.2, 0) is 4.79 Å². The monoisotopic (exact) mass is 269 g/mol. The Hall–Kier alpha value is -2.29. The van der Waals surface area contributed by atoms with Crippen LogP contribution in [0, 0.1) is 6.92 Å². The molecule has 20 heavy (non-hydrogen) atoms. The molecule has 0 saturated heterocycles. The maximum atomic E-state index is 12.3. The van der Waals surface area contributed by atoms with Crippen LogP contribution in [0.1, 0.15) is 30.4 Å². The number of carbonyl (C=O) groups excluding carboxylic acids is 1. The van der Waals surface area contributed by atoms with E-state index in [0.717, 1.165) is 17.5 Å². The van der Waals surface area contributed by atoms with Gasteiger partial charge in [0.05, 0.1) is 5.92 Å². The van der Waals surface area contributed by atoms with Gasteiger partial charge in [0.25, 0.3) is 0 Å². The molecule has 0 unspecified atom stereocenters. The predicted octanol–water partition coefficient (Wildman–Crippen LogP) is 3.83. The molecule has 2 rings (SSSR count). The fourth-order valence-electron chi connectivity index (χ4n) is 2.17. The zero-order valence-corrected chi connectivity index (χ0v) is 11.8. The first kappa shape index (κ1) is 14.1. The zero-order chi connectivity index (χ0) is 14.5. The third-order valence-electron chi connectivity index (χ3n) is 3.40. The van der Waals surface area contributed by atoms with E-state index >= 15 is 0 Å². The lowest BCUT2D eigenvalue weighted by Crippen LogP contribution is -2.20. The molecular weight excluding hydrogens is 250 g/mol. The first-order valence-electron chi connectivity index (χ1n) is 6.77. The quantitative estimate of drug-likeness (QED) is 0.886. The molecule has 3 nitrogen and oxygen atoms in total. The Kier molecular flexibility index (Phi) is 4.41. The SMILES string of the molecule is CC[C@H](C(=O)Nc1ccc(C)c(O)c1)c1ccccc1. The minimum absolute atomic E-state index is 0.0537. The highest BCUT2D eigenvalue weighted by Crippen LogP contribution is 2.24. The molecule has 0 radical (unpaired) electrons. The number of aromatic hydroxyl groups is 1. The largest absolute Gasteiger partial charge is 0.508 e. The predicted molar refractivity (Wildman–Crippen MR) is 80.9 cm³/mol. The summed E-state index contributed by atoms with van der Waals surface area (Å²) in [6, 6.07) is 14.9. The molecule has 2 aromatic carbocycles. The normalized spacial score (nSPS) is 11.9. The number of nitrogens with one attached hydrogen (secondary N) is 1. The van der Waals surface area contributed by atoms with E-state index in [0.29, 0.717) is 5.69 Å². The van der Waals surface area contributed by atoms with Crippen LogP contribution in [0.25, 0.3) is 0 Å². The fourth-order valence-corrected chi connectivity index (χ4v) is 2.17. The standard InChI is InChI=1S/C17H19NO2/c1-3-15(13-7-5-4-6-8-13)17(20)18-14-10-9-12(2)16(19)11-14/h4-11,15,19H,3H2,1-2H3,(H,18,20)/t15-/m0/s1. The minimum Gasteiger partial charge on any atom is -0.508 e. The van der Waals surface area contributed by atoms with Crippen LogP contribution in [0.3, 0.4) is 0 Å². The third-order valence-corrected chi connectivity index (χ3v) is 3.40. The van der Waals surface area contributed by atoms with Crippen molar-refractivity contribution in [3.05, 3.63) is 59.7 Å². The second-order valence-corrected chi connectivity index (χ2v) is 4.86. The Morgan fingerprint density at radius 3 is 2.50 bits per heavy atom. The molecule has 0 bridgehead atoms. The minimum atomic E-state index is -0.181. The summed E-state index contributed by atoms with van der Waals surface area (Å²) in [6.45, 7) is 3.81. The van der Waals surface area contributed by atoms with E-state index in [1.807, 2.05) is 44.2 Å². The van der Waals surface area contributed by atoms with Gasteiger partial charge in [-0.1, -0.05) is 43.3 Å². The van der Waals surface area contributed by atoms with Crippen molar-refractivity contribution < 1.29 is 9.90 Å². The fraction of sp³-hybridized carbons (Fsp3) is 0.235. The van der Waals surface area contributed by atoms with Crippen LogP contribution >= 0.6 is 0 Å². The molecule has 1 amide bonds. The summed E-state index contributed by atoms with van der Waals surface area (Å²) >= 11 is 0. The first-order valence-corrected chi connectivity index (χ1v) is 6.77. The van der Waals surface area contributed by atoms with Crippen molar-refractivity contribution in [3.8, 4) is 5.75 Å². The molecule has 0 spiro atoms. The van der Waals surface area contributed by atoms with E-state index < -0.39 is 0 Å². The zero-order valence-electron chi connectivity index (χ0n) is 11.8. The van der Waals surface area contributed by atoms with Crippen LogP contribution in [0.15, 0.2) is 48.5 Å². The highest BCUT2D eigenvalue weighted by molar-refractivity contribution is 5.96. The number of hydrogen-bond acceptors (Lipinski definition) is 2.